The summed E-state index contributed by atoms with van der Waals surface area (Å²) in [6.45, 7) is 1.60. The van der Waals surface area contributed by atoms with E-state index in [4.69, 9.17) is 11.5 Å². The van der Waals surface area contributed by atoms with Gasteiger partial charge < -0.3 is 17.7 Å². The highest BCUT2D eigenvalue weighted by Gasteiger charge is 2.14. The summed E-state index contributed by atoms with van der Waals surface area (Å²) in [7, 11) is 0. The second-order valence-electron chi connectivity index (χ2n) is 2.20. The van der Waals surface area contributed by atoms with Crippen LogP contribution in [0.3, 0.4) is 0 Å². The van der Waals surface area contributed by atoms with Crippen molar-refractivity contribution in [3.8, 4) is 0 Å². The van der Waals surface area contributed by atoms with Crippen molar-refractivity contribution in [1.29, 1.82) is 0 Å². The van der Waals surface area contributed by atoms with Gasteiger partial charge in [-0.1, -0.05) is 0 Å². The van der Waals surface area contributed by atoms with Crippen LogP contribution in [0.2, 0.25) is 0 Å². The van der Waals surface area contributed by atoms with Crippen molar-refractivity contribution in [1.82, 2.24) is 5.32 Å². The van der Waals surface area contributed by atoms with Gasteiger partial charge in [-0.15, -0.1) is 0 Å². The summed E-state index contributed by atoms with van der Waals surface area (Å²) in [5.41, 5.74) is 10.5. The van der Waals surface area contributed by atoms with E-state index in [0.717, 1.165) is 0 Å². The zero-order valence-corrected chi connectivity index (χ0v) is 6.77. The molecule has 1 aliphatic rings. The highest BCUT2D eigenvalue weighted by atomic mass is 35.5. The molecule has 0 aromatic carbocycles. The molecule has 0 radical (unpaired) electrons. The van der Waals surface area contributed by atoms with Crippen LogP contribution in [-0.4, -0.2) is 36.1 Å². The first-order valence-electron chi connectivity index (χ1n) is 3.09. The molecule has 1 amide bonds. The Bertz CT molecular complexity index is 187. The van der Waals surface area contributed by atoms with Gasteiger partial charge in [-0.2, -0.15) is 0 Å². The number of halogens is 1. The Kier molecular flexibility index (Phi) is 3.67. The number of nitrogens with two attached hydrogens (primary N) is 2. The average molecular weight is 179 g/mol. The fourth-order valence-electron chi connectivity index (χ4n) is 0.859. The molecule has 0 aromatic rings. The number of hydrogen-bond donors (Lipinski definition) is 3. The lowest BCUT2D eigenvalue weighted by Crippen LogP contribution is -3.00. The number of piperazine rings is 1. The van der Waals surface area contributed by atoms with E-state index in [0.29, 0.717) is 13.1 Å². The number of nitrogens with zero attached hydrogens (tertiary/aromatic N) is 1. The maximum absolute atomic E-state index is 10.7. The van der Waals surface area contributed by atoms with Gasteiger partial charge in [0.05, 0.1) is 6.54 Å². The maximum atomic E-state index is 10.7. The third-order valence-corrected chi connectivity index (χ3v) is 1.40. The molecule has 0 spiro atoms. The minimum Gasteiger partial charge on any atom is -1.00 e. The van der Waals surface area contributed by atoms with Crippen LogP contribution >= 0.6 is 0 Å². The molecule has 1 heterocycles. The summed E-state index contributed by atoms with van der Waals surface area (Å²) in [6, 6.07) is 0. The molecule has 0 bridgehead atoms. The van der Waals surface area contributed by atoms with Crippen LogP contribution < -0.4 is 29.2 Å². The summed E-state index contributed by atoms with van der Waals surface area (Å²) in [4.78, 5) is 10.7. The first-order chi connectivity index (χ1) is 4.70. The molecule has 0 atom stereocenters. The van der Waals surface area contributed by atoms with Crippen molar-refractivity contribution >= 4 is 11.9 Å². The molecule has 1 aliphatic heterocycles. The molecule has 5 N–H and O–H groups in total. The van der Waals surface area contributed by atoms with Crippen LogP contribution in [0, 0.1) is 0 Å². The number of guanidine groups is 1. The van der Waals surface area contributed by atoms with E-state index in [1.54, 1.807) is 4.58 Å². The molecule has 5 nitrogen and oxygen atoms in total. The molecule has 0 saturated carbocycles. The van der Waals surface area contributed by atoms with E-state index in [1.165, 1.54) is 0 Å². The Labute approximate surface area is 70.8 Å². The lowest BCUT2D eigenvalue weighted by atomic mass is 10.4. The molecule has 64 valence electrons. The van der Waals surface area contributed by atoms with Crippen LogP contribution in [0.1, 0.15) is 0 Å². The third kappa shape index (κ3) is 2.63. The molecular weight excluding hydrogens is 168 g/mol. The van der Waals surface area contributed by atoms with Gasteiger partial charge in [0.1, 0.15) is 6.54 Å². The summed E-state index contributed by atoms with van der Waals surface area (Å²) >= 11 is 0. The van der Waals surface area contributed by atoms with E-state index in [-0.39, 0.29) is 30.8 Å². The maximum Gasteiger partial charge on any atom is 0.341 e. The lowest BCUT2D eigenvalue weighted by Gasteiger charge is -2.14. The summed E-state index contributed by atoms with van der Waals surface area (Å²) in [5.74, 6) is 0.189. The predicted octanol–water partition coefficient (Wildman–Crippen LogP) is -5.59. The fourth-order valence-corrected chi connectivity index (χ4v) is 0.859. The van der Waals surface area contributed by atoms with Crippen molar-refractivity contribution in [2.24, 2.45) is 11.5 Å². The summed E-state index contributed by atoms with van der Waals surface area (Å²) < 4.78 is 1.64. The normalized spacial score (nSPS) is 16.7. The van der Waals surface area contributed by atoms with E-state index in [9.17, 15) is 4.79 Å². The van der Waals surface area contributed by atoms with E-state index in [2.05, 4.69) is 5.32 Å². The molecule has 1 fully saturated rings. The molecule has 0 aromatic heterocycles. The first-order valence-corrected chi connectivity index (χ1v) is 3.09. The van der Waals surface area contributed by atoms with Crippen molar-refractivity contribution in [3.05, 3.63) is 0 Å². The first kappa shape index (κ1) is 10.0. The van der Waals surface area contributed by atoms with Gasteiger partial charge in [-0.05, 0) is 0 Å². The molecule has 0 unspecified atom stereocenters. The standard InChI is InChI=1S/C5H10N4O.ClH/c6-5(7)9-2-1-8-4(10)3-9;/h1-3H2,(H4,6,7,8,10);1H. The molecule has 0 aliphatic carbocycles. The van der Waals surface area contributed by atoms with Gasteiger partial charge in [0.25, 0.3) is 5.91 Å². The Morgan fingerprint density at radius 2 is 2.18 bits per heavy atom. The number of nitrogens with one attached hydrogen (secondary N) is 1. The minimum atomic E-state index is -0.0281. The van der Waals surface area contributed by atoms with Crippen LogP contribution in [-0.2, 0) is 4.79 Å². The Morgan fingerprint density at radius 1 is 1.55 bits per heavy atom. The lowest BCUT2D eigenvalue weighted by molar-refractivity contribution is -0.521. The van der Waals surface area contributed by atoms with Crippen LogP contribution in [0.5, 0.6) is 0 Å². The highest BCUT2D eigenvalue weighted by molar-refractivity contribution is 5.79. The second-order valence-corrected chi connectivity index (χ2v) is 2.20. The van der Waals surface area contributed by atoms with Gasteiger partial charge in [-0.3, -0.25) is 20.8 Å². The van der Waals surface area contributed by atoms with Gasteiger partial charge >= 0.3 is 5.96 Å². The summed E-state index contributed by atoms with van der Waals surface area (Å²) in [5, 5.41) is 2.66. The van der Waals surface area contributed by atoms with E-state index in [1.807, 2.05) is 0 Å². The van der Waals surface area contributed by atoms with Crippen molar-refractivity contribution in [3.63, 3.8) is 0 Å². The van der Waals surface area contributed by atoms with Crippen molar-refractivity contribution in [2.75, 3.05) is 19.6 Å². The highest BCUT2D eigenvalue weighted by Crippen LogP contribution is 1.81. The van der Waals surface area contributed by atoms with Crippen LogP contribution in [0.15, 0.2) is 0 Å². The number of carbonyl (C=O) groups excluding carboxylic acids is 1. The molecule has 6 heteroatoms. The number of carbonyl (C=O) groups is 1. The number of hydrogen-bond acceptors (Lipinski definition) is 1. The van der Waals surface area contributed by atoms with Gasteiger partial charge in [0, 0.05) is 6.54 Å². The smallest absolute Gasteiger partial charge is 0.341 e. The Morgan fingerprint density at radius 3 is 2.55 bits per heavy atom. The quantitative estimate of drug-likeness (QED) is 0.256. The second kappa shape index (κ2) is 4.02. The van der Waals surface area contributed by atoms with Gasteiger partial charge in [0.15, 0.2) is 0 Å². The molecule has 1 saturated heterocycles. The van der Waals surface area contributed by atoms with Crippen LogP contribution in [0.25, 0.3) is 0 Å². The molecule has 11 heavy (non-hydrogen) atoms. The van der Waals surface area contributed by atoms with Crippen molar-refractivity contribution < 1.29 is 21.8 Å². The number of amides is 1. The minimum absolute atomic E-state index is 0. The molecule has 1 rings (SSSR count). The zero-order valence-electron chi connectivity index (χ0n) is 6.01. The van der Waals surface area contributed by atoms with Gasteiger partial charge in [0.2, 0.25) is 0 Å². The largest absolute Gasteiger partial charge is 1.00 e. The fraction of sp³-hybridized carbons (Fsp3) is 0.600. The zero-order chi connectivity index (χ0) is 7.56. The molecular formula is C5H11ClN4O. The van der Waals surface area contributed by atoms with Crippen molar-refractivity contribution in [2.45, 2.75) is 0 Å². The average Bonchev–Trinajstić information content (AvgIpc) is 1.88. The summed E-state index contributed by atoms with van der Waals surface area (Å²) in [6.07, 6.45) is 0. The Balaban J connectivity index is 0.000001000. The SMILES string of the molecule is NC(N)=[N+]1CCNC(=O)C1.[Cl-]. The van der Waals surface area contributed by atoms with Crippen LogP contribution in [0.4, 0.5) is 0 Å². The predicted molar refractivity (Wildman–Crippen MR) is 36.4 cm³/mol. The van der Waals surface area contributed by atoms with Gasteiger partial charge in [-0.25, -0.2) is 0 Å². The number of rotatable bonds is 0. The van der Waals surface area contributed by atoms with E-state index >= 15 is 0 Å². The van der Waals surface area contributed by atoms with E-state index < -0.39 is 0 Å². The Hall–Kier alpha value is -0.970. The third-order valence-electron chi connectivity index (χ3n) is 1.40. The monoisotopic (exact) mass is 178 g/mol. The topological polar surface area (TPSA) is 84.2 Å².